The molecule has 0 unspecified atom stereocenters. The zero-order valence-electron chi connectivity index (χ0n) is 7.45. The van der Waals surface area contributed by atoms with Crippen LogP contribution in [-0.4, -0.2) is 33.1 Å². The molecule has 0 aliphatic heterocycles. The van der Waals surface area contributed by atoms with Crippen LogP contribution in [-0.2, 0) is 4.79 Å². The molecule has 1 aromatic rings. The van der Waals surface area contributed by atoms with Crippen molar-refractivity contribution in [1.82, 2.24) is 9.97 Å². The van der Waals surface area contributed by atoms with Crippen molar-refractivity contribution in [2.24, 2.45) is 0 Å². The zero-order chi connectivity index (χ0) is 12.3. The molecule has 0 spiro atoms. The molecule has 0 fully saturated rings. The smallest absolute Gasteiger partial charge is 0.471 e. The number of carboxylic acid groups (broad SMARTS) is 1. The largest absolute Gasteiger partial charge is 0.477 e. The van der Waals surface area contributed by atoms with Gasteiger partial charge in [-0.15, -0.1) is 0 Å². The minimum absolute atomic E-state index is 0.625. The quantitative estimate of drug-likeness (QED) is 0.786. The molecule has 0 aliphatic carbocycles. The Kier molecular flexibility index (Phi) is 3.06. The third kappa shape index (κ3) is 2.65. The molecule has 1 aromatic heterocycles. The van der Waals surface area contributed by atoms with Gasteiger partial charge in [-0.25, -0.2) is 14.8 Å². The van der Waals surface area contributed by atoms with Gasteiger partial charge in [0.2, 0.25) is 0 Å². The fourth-order valence-corrected chi connectivity index (χ4v) is 0.764. The van der Waals surface area contributed by atoms with Gasteiger partial charge in [0.15, 0.2) is 5.82 Å². The van der Waals surface area contributed by atoms with Gasteiger partial charge in [-0.3, -0.25) is 4.79 Å². The predicted molar refractivity (Wildman–Crippen MR) is 43.7 cm³/mol. The second-order valence-electron chi connectivity index (χ2n) is 2.54. The summed E-state index contributed by atoms with van der Waals surface area (Å²) in [6.07, 6.45) is -3.51. The minimum Gasteiger partial charge on any atom is -0.477 e. The second-order valence-corrected chi connectivity index (χ2v) is 2.54. The Morgan fingerprint density at radius 2 is 2.00 bits per heavy atom. The summed E-state index contributed by atoms with van der Waals surface area (Å²) >= 11 is 0. The van der Waals surface area contributed by atoms with Gasteiger partial charge in [0.25, 0.3) is 0 Å². The number of alkyl halides is 3. The van der Waals surface area contributed by atoms with Gasteiger partial charge in [-0.1, -0.05) is 0 Å². The number of halogens is 3. The third-order valence-electron chi connectivity index (χ3n) is 1.43. The van der Waals surface area contributed by atoms with Crippen molar-refractivity contribution in [1.29, 1.82) is 0 Å². The summed E-state index contributed by atoms with van der Waals surface area (Å²) in [5.41, 5.74) is -0.625. The standard InChI is InChI=1S/C7H4F3N3O3/c8-7(9,10)6(16)13-4-3(5(14)15)1-11-2-12-4/h1-2H,(H,14,15)(H,11,12,13,16). The molecule has 0 saturated heterocycles. The fourth-order valence-electron chi connectivity index (χ4n) is 0.764. The van der Waals surface area contributed by atoms with Crippen LogP contribution < -0.4 is 5.32 Å². The summed E-state index contributed by atoms with van der Waals surface area (Å²) in [5.74, 6) is -4.54. The number of rotatable bonds is 2. The Balaban J connectivity index is 2.98. The number of anilines is 1. The second kappa shape index (κ2) is 4.13. The zero-order valence-corrected chi connectivity index (χ0v) is 7.45. The lowest BCUT2D eigenvalue weighted by molar-refractivity contribution is -0.167. The van der Waals surface area contributed by atoms with Crippen molar-refractivity contribution in [2.45, 2.75) is 6.18 Å². The number of amides is 1. The first-order chi connectivity index (χ1) is 7.32. The van der Waals surface area contributed by atoms with E-state index >= 15 is 0 Å². The number of aromatic carboxylic acids is 1. The van der Waals surface area contributed by atoms with Gasteiger partial charge in [0.05, 0.1) is 0 Å². The first-order valence-electron chi connectivity index (χ1n) is 3.74. The Labute approximate surface area is 86.1 Å². The number of aromatic nitrogens is 2. The highest BCUT2D eigenvalue weighted by molar-refractivity contribution is 6.00. The number of hydrogen-bond donors (Lipinski definition) is 2. The monoisotopic (exact) mass is 235 g/mol. The number of nitrogens with zero attached hydrogens (tertiary/aromatic N) is 2. The van der Waals surface area contributed by atoms with Crippen LogP contribution in [0.25, 0.3) is 0 Å². The van der Waals surface area contributed by atoms with Gasteiger partial charge < -0.3 is 10.4 Å². The van der Waals surface area contributed by atoms with Crippen LogP contribution in [0.1, 0.15) is 10.4 Å². The summed E-state index contributed by atoms with van der Waals surface area (Å²) < 4.78 is 35.6. The lowest BCUT2D eigenvalue weighted by Gasteiger charge is -2.08. The van der Waals surface area contributed by atoms with Gasteiger partial charge in [0.1, 0.15) is 11.9 Å². The van der Waals surface area contributed by atoms with Gasteiger partial charge in [0, 0.05) is 6.20 Å². The van der Waals surface area contributed by atoms with E-state index in [9.17, 15) is 22.8 Å². The van der Waals surface area contributed by atoms with Crippen molar-refractivity contribution in [2.75, 3.05) is 5.32 Å². The summed E-state index contributed by atoms with van der Waals surface area (Å²) in [6, 6.07) is 0. The van der Waals surface area contributed by atoms with Crippen LogP contribution >= 0.6 is 0 Å². The van der Waals surface area contributed by atoms with E-state index in [-0.39, 0.29) is 0 Å². The lowest BCUT2D eigenvalue weighted by atomic mass is 10.3. The Morgan fingerprint density at radius 1 is 1.38 bits per heavy atom. The minimum atomic E-state index is -5.11. The van der Waals surface area contributed by atoms with Gasteiger partial charge in [-0.05, 0) is 0 Å². The van der Waals surface area contributed by atoms with E-state index in [4.69, 9.17) is 5.11 Å². The molecule has 6 nitrogen and oxygen atoms in total. The summed E-state index contributed by atoms with van der Waals surface area (Å²) in [5, 5.41) is 9.90. The van der Waals surface area contributed by atoms with Crippen molar-refractivity contribution < 1.29 is 27.9 Å². The molecule has 1 amide bonds. The maximum Gasteiger partial charge on any atom is 0.471 e. The molecule has 0 atom stereocenters. The number of carbonyl (C=O) groups is 2. The Bertz CT molecular complexity index is 432. The van der Waals surface area contributed by atoms with Crippen LogP contribution in [0.4, 0.5) is 19.0 Å². The van der Waals surface area contributed by atoms with Gasteiger partial charge >= 0.3 is 18.1 Å². The molecule has 1 rings (SSSR count). The molecule has 86 valence electrons. The Hall–Kier alpha value is -2.19. The molecule has 1 heterocycles. The number of carboxylic acids is 1. The van der Waals surface area contributed by atoms with Crippen LogP contribution in [0, 0.1) is 0 Å². The Morgan fingerprint density at radius 3 is 2.50 bits per heavy atom. The lowest BCUT2D eigenvalue weighted by Crippen LogP contribution is -2.31. The van der Waals surface area contributed by atoms with E-state index in [2.05, 4.69) is 9.97 Å². The van der Waals surface area contributed by atoms with E-state index in [1.54, 1.807) is 0 Å². The molecule has 0 aromatic carbocycles. The van der Waals surface area contributed by atoms with Crippen LogP contribution in [0.2, 0.25) is 0 Å². The van der Waals surface area contributed by atoms with E-state index in [1.165, 1.54) is 5.32 Å². The van der Waals surface area contributed by atoms with E-state index < -0.39 is 29.4 Å². The van der Waals surface area contributed by atoms with E-state index in [0.29, 0.717) is 0 Å². The third-order valence-corrected chi connectivity index (χ3v) is 1.43. The first kappa shape index (κ1) is 11.9. The van der Waals surface area contributed by atoms with E-state index in [0.717, 1.165) is 12.5 Å². The highest BCUT2D eigenvalue weighted by Gasteiger charge is 2.39. The summed E-state index contributed by atoms with van der Waals surface area (Å²) in [4.78, 5) is 27.6. The van der Waals surface area contributed by atoms with Gasteiger partial charge in [-0.2, -0.15) is 13.2 Å². The molecular weight excluding hydrogens is 231 g/mol. The van der Waals surface area contributed by atoms with Crippen LogP contribution in [0.15, 0.2) is 12.5 Å². The van der Waals surface area contributed by atoms with Crippen LogP contribution in [0.5, 0.6) is 0 Å². The SMILES string of the molecule is O=C(O)c1cncnc1NC(=O)C(F)(F)F. The summed E-state index contributed by atoms with van der Waals surface area (Å²) in [6.45, 7) is 0. The molecule has 0 aliphatic rings. The first-order valence-corrected chi connectivity index (χ1v) is 3.74. The topological polar surface area (TPSA) is 92.2 Å². The van der Waals surface area contributed by atoms with Crippen molar-refractivity contribution in [3.05, 3.63) is 18.1 Å². The average molecular weight is 235 g/mol. The van der Waals surface area contributed by atoms with Crippen molar-refractivity contribution in [3.63, 3.8) is 0 Å². The molecule has 9 heteroatoms. The van der Waals surface area contributed by atoms with Crippen molar-refractivity contribution in [3.8, 4) is 0 Å². The van der Waals surface area contributed by atoms with Crippen LogP contribution in [0.3, 0.4) is 0 Å². The number of carbonyl (C=O) groups excluding carboxylic acids is 1. The molecule has 0 bridgehead atoms. The molecule has 0 saturated carbocycles. The maximum atomic E-state index is 11.9. The predicted octanol–water partition coefficient (Wildman–Crippen LogP) is 0.676. The number of hydrogen-bond acceptors (Lipinski definition) is 4. The normalized spacial score (nSPS) is 10.9. The highest BCUT2D eigenvalue weighted by Crippen LogP contribution is 2.18. The van der Waals surface area contributed by atoms with E-state index in [1.807, 2.05) is 0 Å². The van der Waals surface area contributed by atoms with Crippen molar-refractivity contribution >= 4 is 17.7 Å². The molecule has 16 heavy (non-hydrogen) atoms. The summed E-state index contributed by atoms with van der Waals surface area (Å²) in [7, 11) is 0. The molecule has 2 N–H and O–H groups in total. The highest BCUT2D eigenvalue weighted by atomic mass is 19.4. The average Bonchev–Trinajstić information content (AvgIpc) is 2.16. The fraction of sp³-hybridized carbons (Fsp3) is 0.143. The maximum absolute atomic E-state index is 11.9. The number of nitrogens with one attached hydrogen (secondary N) is 1. The molecule has 0 radical (unpaired) electrons. The molecular formula is C7H4F3N3O3.